The molecule has 0 saturated carbocycles. The predicted octanol–water partition coefficient (Wildman–Crippen LogP) is 18.6. The van der Waals surface area contributed by atoms with Crippen LogP contribution in [-0.4, -0.2) is 9.13 Å². The van der Waals surface area contributed by atoms with Crippen molar-refractivity contribution >= 4 is 70.8 Å². The highest BCUT2D eigenvalue weighted by Gasteiger charge is 2.37. The van der Waals surface area contributed by atoms with Crippen molar-refractivity contribution in [2.75, 3.05) is 0 Å². The number of nitriles is 1. The molecule has 0 bridgehead atoms. The molecule has 0 spiro atoms. The first-order chi connectivity index (χ1) is 36.1. The second-order valence-corrected chi connectivity index (χ2v) is 21.4. The lowest BCUT2D eigenvalue weighted by Gasteiger charge is -2.22. The minimum atomic E-state index is -0.122. The lowest BCUT2D eigenvalue weighted by atomic mass is 9.81. The molecule has 2 aliphatic rings. The van der Waals surface area contributed by atoms with Gasteiger partial charge in [-0.2, -0.15) is 5.26 Å². The fraction of sp³-hybridized carbons (Fsp3) is 0.0857. The van der Waals surface area contributed by atoms with Crippen LogP contribution in [0.4, 0.5) is 5.69 Å². The summed E-state index contributed by atoms with van der Waals surface area (Å²) in [5.41, 5.74) is 21.2. The highest BCUT2D eigenvalue weighted by molar-refractivity contribution is 6.23. The standard InChI is InChI=1S/C70H46N4/c1-69(2)56-20-12-10-18-50(56)52-28-22-45(36-58(52)69)43-26-30-61-54(34-43)67-48-16-8-6-14-41(48)24-32-63(67)73(61)65-39-60(72-5)66(38-47(65)40-71)74-62-31-27-44(35-55(62)68-49-17-9-7-15-42(49)25-33-64(68)74)46-23-29-53-51-19-11-13-21-57(51)70(3,4)59(53)37-46/h6-39H,1-4H3. The topological polar surface area (TPSA) is 38.0 Å². The fourth-order valence-electron chi connectivity index (χ4n) is 13.3. The molecular formula is C70H46N4. The molecule has 2 aliphatic carbocycles. The van der Waals surface area contributed by atoms with E-state index in [0.29, 0.717) is 22.6 Å². The van der Waals surface area contributed by atoms with Crippen LogP contribution in [0.15, 0.2) is 206 Å². The average molecular weight is 943 g/mol. The van der Waals surface area contributed by atoms with Gasteiger partial charge in [0.05, 0.1) is 45.6 Å². The molecule has 2 heterocycles. The van der Waals surface area contributed by atoms with Crippen LogP contribution in [0.5, 0.6) is 0 Å². The molecule has 74 heavy (non-hydrogen) atoms. The molecule has 0 atom stereocenters. The molecule has 11 aromatic carbocycles. The third-order valence-electron chi connectivity index (χ3n) is 17.0. The Morgan fingerprint density at radius 2 is 0.811 bits per heavy atom. The van der Waals surface area contributed by atoms with Gasteiger partial charge in [0.15, 0.2) is 0 Å². The molecule has 0 saturated heterocycles. The number of hydrogen-bond donors (Lipinski definition) is 0. The Morgan fingerprint density at radius 1 is 0.392 bits per heavy atom. The molecule has 0 N–H and O–H groups in total. The van der Waals surface area contributed by atoms with Crippen LogP contribution in [0.3, 0.4) is 0 Å². The smallest absolute Gasteiger partial charge is 0.212 e. The van der Waals surface area contributed by atoms with Gasteiger partial charge in [0, 0.05) is 32.4 Å². The van der Waals surface area contributed by atoms with Crippen molar-refractivity contribution in [2.24, 2.45) is 0 Å². The van der Waals surface area contributed by atoms with Crippen LogP contribution < -0.4 is 0 Å². The number of rotatable bonds is 4. The van der Waals surface area contributed by atoms with E-state index in [4.69, 9.17) is 6.57 Å². The van der Waals surface area contributed by atoms with Gasteiger partial charge in [0.2, 0.25) is 5.69 Å². The van der Waals surface area contributed by atoms with Gasteiger partial charge in [-0.15, -0.1) is 0 Å². The Hall–Kier alpha value is -9.48. The van der Waals surface area contributed by atoms with Gasteiger partial charge in [-0.1, -0.05) is 173 Å². The summed E-state index contributed by atoms with van der Waals surface area (Å²) in [6.07, 6.45) is 0. The molecule has 0 amide bonds. The van der Waals surface area contributed by atoms with Gasteiger partial charge in [-0.3, -0.25) is 0 Å². The molecule has 0 fully saturated rings. The summed E-state index contributed by atoms with van der Waals surface area (Å²) in [5, 5.41) is 20.3. The van der Waals surface area contributed by atoms with Crippen molar-refractivity contribution in [3.63, 3.8) is 0 Å². The van der Waals surface area contributed by atoms with E-state index in [9.17, 15) is 5.26 Å². The first-order valence-electron chi connectivity index (χ1n) is 25.5. The summed E-state index contributed by atoms with van der Waals surface area (Å²) in [5.74, 6) is 0. The highest BCUT2D eigenvalue weighted by Crippen LogP contribution is 2.52. The number of nitrogens with zero attached hydrogens (tertiary/aromatic N) is 4. The molecular weight excluding hydrogens is 897 g/mol. The van der Waals surface area contributed by atoms with Gasteiger partial charge >= 0.3 is 0 Å². The minimum absolute atomic E-state index is 0.122. The van der Waals surface area contributed by atoms with Crippen LogP contribution in [0.1, 0.15) is 55.5 Å². The van der Waals surface area contributed by atoms with Crippen molar-refractivity contribution < 1.29 is 0 Å². The van der Waals surface area contributed by atoms with Crippen molar-refractivity contribution in [3.05, 3.63) is 245 Å². The summed E-state index contributed by atoms with van der Waals surface area (Å²) >= 11 is 0. The first kappa shape index (κ1) is 42.2. The zero-order valence-electron chi connectivity index (χ0n) is 41.4. The van der Waals surface area contributed by atoms with Crippen molar-refractivity contribution in [1.29, 1.82) is 5.26 Å². The number of hydrogen-bond acceptors (Lipinski definition) is 1. The van der Waals surface area contributed by atoms with Crippen LogP contribution in [0, 0.1) is 17.9 Å². The van der Waals surface area contributed by atoms with Crippen LogP contribution in [0.25, 0.3) is 126 Å². The van der Waals surface area contributed by atoms with Gasteiger partial charge < -0.3 is 9.13 Å². The minimum Gasteiger partial charge on any atom is -0.319 e. The zero-order chi connectivity index (χ0) is 49.8. The van der Waals surface area contributed by atoms with E-state index in [1.165, 1.54) is 55.6 Å². The lowest BCUT2D eigenvalue weighted by molar-refractivity contribution is 0.660. The number of aromatic nitrogens is 2. The maximum absolute atomic E-state index is 11.3. The molecule has 0 aliphatic heterocycles. The second-order valence-electron chi connectivity index (χ2n) is 21.4. The van der Waals surface area contributed by atoms with E-state index in [2.05, 4.69) is 242 Å². The van der Waals surface area contributed by atoms with E-state index in [1.807, 2.05) is 12.1 Å². The van der Waals surface area contributed by atoms with Crippen LogP contribution in [-0.2, 0) is 10.8 Å². The average Bonchev–Trinajstić information content (AvgIpc) is 4.11. The first-order valence-corrected chi connectivity index (χ1v) is 25.5. The molecule has 0 unspecified atom stereocenters. The molecule has 346 valence electrons. The number of fused-ring (bicyclic) bond motifs is 16. The molecule has 0 radical (unpaired) electrons. The second kappa shape index (κ2) is 15.0. The Kier molecular flexibility index (Phi) is 8.58. The SMILES string of the molecule is [C-]#[N+]c1cc(-n2c3ccc(-c4ccc5c(c4)C(C)(C)c4ccccc4-5)cc3c3c4ccccc4ccc32)c(C#N)cc1-n1c2ccc(-c3ccc4c(c3)C(C)(C)c3ccccc3-4)cc2c2c3ccccc3ccc21. The molecule has 4 nitrogen and oxygen atoms in total. The van der Waals surface area contributed by atoms with Crippen molar-refractivity contribution in [3.8, 4) is 62.0 Å². The quantitative estimate of drug-likeness (QED) is 0.162. The monoisotopic (exact) mass is 942 g/mol. The Balaban J connectivity index is 0.926. The molecule has 2 aromatic heterocycles. The summed E-state index contributed by atoms with van der Waals surface area (Å²) in [7, 11) is 0. The Bertz CT molecular complexity index is 4450. The predicted molar refractivity (Wildman–Crippen MR) is 307 cm³/mol. The third-order valence-corrected chi connectivity index (χ3v) is 17.0. The lowest BCUT2D eigenvalue weighted by Crippen LogP contribution is -2.14. The zero-order valence-corrected chi connectivity index (χ0v) is 41.4. The highest BCUT2D eigenvalue weighted by atomic mass is 15.0. The summed E-state index contributed by atoms with van der Waals surface area (Å²) in [6.45, 7) is 18.2. The summed E-state index contributed by atoms with van der Waals surface area (Å²) in [4.78, 5) is 4.30. The normalized spacial score (nSPS) is 13.9. The van der Waals surface area contributed by atoms with Gasteiger partial charge in [-0.05, 0) is 149 Å². The Morgan fingerprint density at radius 3 is 1.31 bits per heavy atom. The maximum Gasteiger partial charge on any atom is 0.212 e. The fourth-order valence-corrected chi connectivity index (χ4v) is 13.3. The van der Waals surface area contributed by atoms with Gasteiger partial charge in [-0.25, -0.2) is 4.85 Å². The van der Waals surface area contributed by atoms with E-state index in [-0.39, 0.29) is 10.8 Å². The van der Waals surface area contributed by atoms with E-state index in [1.54, 1.807) is 0 Å². The number of benzene rings is 11. The van der Waals surface area contributed by atoms with Crippen LogP contribution in [0.2, 0.25) is 0 Å². The van der Waals surface area contributed by atoms with E-state index in [0.717, 1.165) is 76.3 Å². The van der Waals surface area contributed by atoms with Crippen molar-refractivity contribution in [2.45, 2.75) is 38.5 Å². The Labute approximate surface area is 429 Å². The van der Waals surface area contributed by atoms with Gasteiger partial charge in [0.25, 0.3) is 0 Å². The van der Waals surface area contributed by atoms with Crippen molar-refractivity contribution in [1.82, 2.24) is 9.13 Å². The molecule has 4 heteroatoms. The van der Waals surface area contributed by atoms with Gasteiger partial charge in [0.1, 0.15) is 6.07 Å². The van der Waals surface area contributed by atoms with Crippen LogP contribution >= 0.6 is 0 Å². The molecule has 13 aromatic rings. The van der Waals surface area contributed by atoms with E-state index >= 15 is 0 Å². The summed E-state index contributed by atoms with van der Waals surface area (Å²) in [6, 6.07) is 77.2. The largest absolute Gasteiger partial charge is 0.319 e. The maximum atomic E-state index is 11.3. The van der Waals surface area contributed by atoms with E-state index < -0.39 is 0 Å². The summed E-state index contributed by atoms with van der Waals surface area (Å²) < 4.78 is 4.42. The molecule has 15 rings (SSSR count). The third kappa shape index (κ3) is 5.66.